The molecule has 1 unspecified atom stereocenters. The largest absolute Gasteiger partial charge is 0.343 e. The van der Waals surface area contributed by atoms with Gasteiger partial charge in [-0.15, -0.1) is 10.2 Å². The highest BCUT2D eigenvalue weighted by Crippen LogP contribution is 2.26. The van der Waals surface area contributed by atoms with Crippen LogP contribution in [0.3, 0.4) is 0 Å². The molecule has 0 spiro atoms. The Kier molecular flexibility index (Phi) is 2.87. The molecule has 0 saturated carbocycles. The molecule has 7 heteroatoms. The fraction of sp³-hybridized carbons (Fsp3) is 0.455. The summed E-state index contributed by atoms with van der Waals surface area (Å²) in [6.07, 6.45) is 5.94. The molecule has 1 atom stereocenters. The van der Waals surface area contributed by atoms with Crippen molar-refractivity contribution in [2.75, 3.05) is 5.32 Å². The quantitative estimate of drug-likeness (QED) is 0.898. The Bertz CT molecular complexity index is 566. The van der Waals surface area contributed by atoms with E-state index in [0.29, 0.717) is 16.8 Å². The van der Waals surface area contributed by atoms with Crippen LogP contribution in [0.25, 0.3) is 0 Å². The van der Waals surface area contributed by atoms with E-state index >= 15 is 0 Å². The van der Waals surface area contributed by atoms with Gasteiger partial charge in [0.15, 0.2) is 5.15 Å². The van der Waals surface area contributed by atoms with Gasteiger partial charge in [0.05, 0.1) is 11.7 Å². The third kappa shape index (κ3) is 2.03. The van der Waals surface area contributed by atoms with Crippen LogP contribution in [0.2, 0.25) is 5.15 Å². The zero-order chi connectivity index (χ0) is 12.5. The van der Waals surface area contributed by atoms with Crippen LogP contribution in [-0.4, -0.2) is 24.7 Å². The number of halogens is 1. The Morgan fingerprint density at radius 1 is 1.44 bits per heavy atom. The van der Waals surface area contributed by atoms with E-state index in [4.69, 9.17) is 11.6 Å². The first-order valence-corrected chi connectivity index (χ1v) is 6.26. The molecule has 0 amide bonds. The fourth-order valence-electron chi connectivity index (χ4n) is 2.16. The summed E-state index contributed by atoms with van der Waals surface area (Å²) in [5.74, 6) is 1.52. The second-order valence-corrected chi connectivity index (χ2v) is 4.69. The normalized spacial score (nSPS) is 18.4. The molecule has 1 aliphatic rings. The van der Waals surface area contributed by atoms with Gasteiger partial charge in [0.25, 0.3) is 0 Å². The molecular weight excluding hydrogens is 252 g/mol. The highest BCUT2D eigenvalue weighted by atomic mass is 35.5. The van der Waals surface area contributed by atoms with Crippen molar-refractivity contribution in [3.63, 3.8) is 0 Å². The van der Waals surface area contributed by atoms with Gasteiger partial charge in [0.1, 0.15) is 5.82 Å². The van der Waals surface area contributed by atoms with Gasteiger partial charge in [-0.25, -0.2) is 9.97 Å². The molecular formula is C11H13ClN6. The molecule has 0 fully saturated rings. The molecule has 3 rings (SSSR count). The van der Waals surface area contributed by atoms with Crippen molar-refractivity contribution >= 4 is 17.5 Å². The minimum absolute atomic E-state index is 0.135. The first kappa shape index (κ1) is 11.4. The SMILES string of the molecule is Cc1nc(NC2CCCn3ccnc32)nnc1Cl. The molecule has 0 saturated heterocycles. The van der Waals surface area contributed by atoms with Crippen molar-refractivity contribution in [3.05, 3.63) is 29.1 Å². The zero-order valence-electron chi connectivity index (χ0n) is 9.97. The number of fused-ring (bicyclic) bond motifs is 1. The van der Waals surface area contributed by atoms with E-state index < -0.39 is 0 Å². The molecule has 2 aromatic rings. The van der Waals surface area contributed by atoms with Crippen LogP contribution >= 0.6 is 11.6 Å². The molecule has 1 aliphatic heterocycles. The van der Waals surface area contributed by atoms with Gasteiger partial charge in [0, 0.05) is 18.9 Å². The Morgan fingerprint density at radius 3 is 3.17 bits per heavy atom. The standard InChI is InChI=1S/C11H13ClN6/c1-7-9(12)16-17-11(14-7)15-8-3-2-5-18-6-4-13-10(8)18/h4,6,8H,2-3,5H2,1H3,(H,14,15,17). The van der Waals surface area contributed by atoms with Gasteiger partial charge < -0.3 is 9.88 Å². The van der Waals surface area contributed by atoms with Crippen LogP contribution in [0.15, 0.2) is 12.4 Å². The number of anilines is 1. The van der Waals surface area contributed by atoms with Gasteiger partial charge in [-0.3, -0.25) is 0 Å². The number of aromatic nitrogens is 5. The molecule has 1 N–H and O–H groups in total. The van der Waals surface area contributed by atoms with E-state index in [1.807, 2.05) is 19.3 Å². The van der Waals surface area contributed by atoms with E-state index in [0.717, 1.165) is 25.2 Å². The third-order valence-corrected chi connectivity index (χ3v) is 3.41. The lowest BCUT2D eigenvalue weighted by atomic mass is 10.1. The second kappa shape index (κ2) is 4.53. The lowest BCUT2D eigenvalue weighted by Crippen LogP contribution is -2.22. The van der Waals surface area contributed by atoms with Crippen molar-refractivity contribution in [1.82, 2.24) is 24.7 Å². The van der Waals surface area contributed by atoms with Crippen molar-refractivity contribution in [3.8, 4) is 0 Å². The second-order valence-electron chi connectivity index (χ2n) is 4.33. The monoisotopic (exact) mass is 264 g/mol. The maximum absolute atomic E-state index is 5.81. The number of hydrogen-bond acceptors (Lipinski definition) is 5. The van der Waals surface area contributed by atoms with Crippen molar-refractivity contribution < 1.29 is 0 Å². The lowest BCUT2D eigenvalue weighted by Gasteiger charge is -2.24. The van der Waals surface area contributed by atoms with E-state index in [1.165, 1.54) is 0 Å². The number of aryl methyl sites for hydroxylation is 2. The van der Waals surface area contributed by atoms with Gasteiger partial charge in [0.2, 0.25) is 5.95 Å². The van der Waals surface area contributed by atoms with Gasteiger partial charge in [-0.05, 0) is 19.8 Å². The van der Waals surface area contributed by atoms with E-state index in [1.54, 1.807) is 0 Å². The van der Waals surface area contributed by atoms with Crippen LogP contribution in [0.4, 0.5) is 5.95 Å². The number of nitrogens with zero attached hydrogens (tertiary/aromatic N) is 5. The van der Waals surface area contributed by atoms with Gasteiger partial charge in [-0.1, -0.05) is 11.6 Å². The molecule has 0 bridgehead atoms. The van der Waals surface area contributed by atoms with Crippen molar-refractivity contribution in [1.29, 1.82) is 0 Å². The zero-order valence-corrected chi connectivity index (χ0v) is 10.7. The summed E-state index contributed by atoms with van der Waals surface area (Å²) >= 11 is 5.81. The maximum atomic E-state index is 5.81. The number of nitrogens with one attached hydrogen (secondary N) is 1. The molecule has 3 heterocycles. The number of rotatable bonds is 2. The topological polar surface area (TPSA) is 68.5 Å². The smallest absolute Gasteiger partial charge is 0.243 e. The predicted octanol–water partition coefficient (Wildman–Crippen LogP) is 1.98. The average molecular weight is 265 g/mol. The molecule has 94 valence electrons. The Hall–Kier alpha value is -1.69. The van der Waals surface area contributed by atoms with Crippen LogP contribution in [0, 0.1) is 6.92 Å². The summed E-state index contributed by atoms with van der Waals surface area (Å²) < 4.78 is 2.15. The highest BCUT2D eigenvalue weighted by molar-refractivity contribution is 6.29. The fourth-order valence-corrected chi connectivity index (χ4v) is 2.24. The Labute approximate surface area is 109 Å². The average Bonchev–Trinajstić information content (AvgIpc) is 2.83. The summed E-state index contributed by atoms with van der Waals surface area (Å²) in [4.78, 5) is 8.64. The molecule has 6 nitrogen and oxygen atoms in total. The summed E-state index contributed by atoms with van der Waals surface area (Å²) in [5.41, 5.74) is 0.674. The van der Waals surface area contributed by atoms with Crippen LogP contribution in [0.5, 0.6) is 0 Å². The molecule has 0 radical (unpaired) electrons. The molecule has 0 aliphatic carbocycles. The predicted molar refractivity (Wildman–Crippen MR) is 67.4 cm³/mol. The highest BCUT2D eigenvalue weighted by Gasteiger charge is 2.22. The van der Waals surface area contributed by atoms with Crippen molar-refractivity contribution in [2.24, 2.45) is 0 Å². The van der Waals surface area contributed by atoms with Gasteiger partial charge in [-0.2, -0.15) is 0 Å². The molecule has 2 aromatic heterocycles. The van der Waals surface area contributed by atoms with Crippen LogP contribution in [0.1, 0.15) is 30.4 Å². The summed E-state index contributed by atoms with van der Waals surface area (Å²) in [5, 5.41) is 11.4. The first-order valence-electron chi connectivity index (χ1n) is 5.88. The van der Waals surface area contributed by atoms with E-state index in [9.17, 15) is 0 Å². The van der Waals surface area contributed by atoms with E-state index in [-0.39, 0.29) is 6.04 Å². The first-order chi connectivity index (χ1) is 8.74. The minimum Gasteiger partial charge on any atom is -0.343 e. The minimum atomic E-state index is 0.135. The van der Waals surface area contributed by atoms with Crippen molar-refractivity contribution in [2.45, 2.75) is 32.4 Å². The van der Waals surface area contributed by atoms with Gasteiger partial charge >= 0.3 is 0 Å². The number of hydrogen-bond donors (Lipinski definition) is 1. The van der Waals surface area contributed by atoms with Crippen LogP contribution < -0.4 is 5.32 Å². The summed E-state index contributed by atoms with van der Waals surface area (Å²) in [7, 11) is 0. The van der Waals surface area contributed by atoms with E-state index in [2.05, 4.69) is 30.0 Å². The lowest BCUT2D eigenvalue weighted by molar-refractivity contribution is 0.468. The van der Waals surface area contributed by atoms with Crippen LogP contribution in [-0.2, 0) is 6.54 Å². The summed E-state index contributed by atoms with van der Waals surface area (Å²) in [6.45, 7) is 2.83. The molecule has 0 aromatic carbocycles. The maximum Gasteiger partial charge on any atom is 0.243 e. The Balaban J connectivity index is 1.84. The Morgan fingerprint density at radius 2 is 2.33 bits per heavy atom. The third-order valence-electron chi connectivity index (χ3n) is 3.06. The summed E-state index contributed by atoms with van der Waals surface area (Å²) in [6, 6.07) is 0.135. The number of imidazole rings is 1. The molecule has 18 heavy (non-hydrogen) atoms.